The molecule has 0 spiro atoms. The molecule has 29 heavy (non-hydrogen) atoms. The van der Waals surface area contributed by atoms with E-state index in [0.29, 0.717) is 39.8 Å². The Hall–Kier alpha value is -2.58. The van der Waals surface area contributed by atoms with Crippen LogP contribution in [0.3, 0.4) is 0 Å². The van der Waals surface area contributed by atoms with Gasteiger partial charge in [0.05, 0.1) is 36.7 Å². The second-order valence-electron chi connectivity index (χ2n) is 6.13. The van der Waals surface area contributed by atoms with Crippen molar-refractivity contribution in [2.24, 2.45) is 0 Å². The fourth-order valence-electron chi connectivity index (χ4n) is 2.89. The summed E-state index contributed by atoms with van der Waals surface area (Å²) in [6.07, 6.45) is 1.97. The lowest BCUT2D eigenvalue weighted by Crippen LogP contribution is -2.16. The van der Waals surface area contributed by atoms with Gasteiger partial charge in [0.25, 0.3) is 5.91 Å². The van der Waals surface area contributed by atoms with Gasteiger partial charge in [0.1, 0.15) is 5.75 Å². The zero-order chi connectivity index (χ0) is 20.8. The monoisotopic (exact) mass is 430 g/mol. The van der Waals surface area contributed by atoms with Crippen LogP contribution >= 0.6 is 23.5 Å². The predicted molar refractivity (Wildman–Crippen MR) is 119 cm³/mol. The molecule has 2 aromatic rings. The van der Waals surface area contributed by atoms with Crippen LogP contribution in [0.15, 0.2) is 58.6 Å². The van der Waals surface area contributed by atoms with E-state index in [-0.39, 0.29) is 11.9 Å². The van der Waals surface area contributed by atoms with Gasteiger partial charge in [-0.1, -0.05) is 12.1 Å². The third-order valence-corrected chi connectivity index (χ3v) is 6.11. The molecule has 0 aliphatic carbocycles. The summed E-state index contributed by atoms with van der Waals surface area (Å²) in [6.45, 7) is 0. The molecule has 0 saturated carbocycles. The van der Waals surface area contributed by atoms with Crippen LogP contribution in [0.2, 0.25) is 0 Å². The van der Waals surface area contributed by atoms with Crippen LogP contribution in [-0.4, -0.2) is 43.9 Å². The zero-order valence-electron chi connectivity index (χ0n) is 16.4. The van der Waals surface area contributed by atoms with Crippen LogP contribution < -0.4 is 15.4 Å². The highest BCUT2D eigenvalue weighted by Crippen LogP contribution is 2.31. The van der Waals surface area contributed by atoms with E-state index in [4.69, 9.17) is 9.47 Å². The molecule has 1 amide bonds. The van der Waals surface area contributed by atoms with Crippen LogP contribution in [0.5, 0.6) is 5.75 Å². The van der Waals surface area contributed by atoms with Crippen molar-refractivity contribution in [3.8, 4) is 5.75 Å². The number of thioether (sulfide) groups is 2. The molecule has 0 radical (unpaired) electrons. The van der Waals surface area contributed by atoms with Crippen LogP contribution in [0.4, 0.5) is 11.4 Å². The fraction of sp³-hybridized carbons (Fsp3) is 0.238. The lowest BCUT2D eigenvalue weighted by atomic mass is 10.1. The number of amides is 1. The summed E-state index contributed by atoms with van der Waals surface area (Å²) in [5.74, 6) is 1.19. The Bertz CT molecular complexity index is 959. The maximum atomic E-state index is 12.9. The van der Waals surface area contributed by atoms with Crippen molar-refractivity contribution in [2.45, 2.75) is 4.90 Å². The Labute approximate surface area is 178 Å². The van der Waals surface area contributed by atoms with Gasteiger partial charge in [-0.25, -0.2) is 4.79 Å². The number of carbonyl (C=O) groups is 2. The Kier molecular flexibility index (Phi) is 7.11. The lowest BCUT2D eigenvalue weighted by molar-refractivity contribution is -0.136. The SMILES string of the molecule is COC(=O)C1=C(Nc2ccccc2NC(=O)c2ccc(SC)cc2OC)CSC1. The Balaban J connectivity index is 1.85. The van der Waals surface area contributed by atoms with Gasteiger partial charge in [-0.3, -0.25) is 4.79 Å². The maximum Gasteiger partial charge on any atom is 0.336 e. The fourth-order valence-corrected chi connectivity index (χ4v) is 4.36. The number of esters is 1. The average molecular weight is 431 g/mol. The zero-order valence-corrected chi connectivity index (χ0v) is 18.0. The summed E-state index contributed by atoms with van der Waals surface area (Å²) in [7, 11) is 2.92. The van der Waals surface area contributed by atoms with Crippen molar-refractivity contribution < 1.29 is 19.1 Å². The number of anilines is 2. The minimum Gasteiger partial charge on any atom is -0.496 e. The summed E-state index contributed by atoms with van der Waals surface area (Å²) in [6, 6.07) is 12.8. The number of benzene rings is 2. The molecule has 8 heteroatoms. The molecule has 2 aromatic carbocycles. The van der Waals surface area contributed by atoms with E-state index in [1.807, 2.05) is 42.7 Å². The van der Waals surface area contributed by atoms with Crippen molar-refractivity contribution in [1.82, 2.24) is 0 Å². The van der Waals surface area contributed by atoms with E-state index in [1.165, 1.54) is 7.11 Å². The van der Waals surface area contributed by atoms with Crippen molar-refractivity contribution in [1.29, 1.82) is 0 Å². The molecule has 0 fully saturated rings. The molecule has 3 rings (SSSR count). The van der Waals surface area contributed by atoms with Crippen molar-refractivity contribution in [2.75, 3.05) is 42.6 Å². The van der Waals surface area contributed by atoms with Crippen molar-refractivity contribution in [3.05, 3.63) is 59.3 Å². The molecule has 2 N–H and O–H groups in total. The van der Waals surface area contributed by atoms with E-state index in [2.05, 4.69) is 10.6 Å². The summed E-state index contributed by atoms with van der Waals surface area (Å²) in [4.78, 5) is 25.9. The lowest BCUT2D eigenvalue weighted by Gasteiger charge is -2.15. The quantitative estimate of drug-likeness (QED) is 0.502. The maximum absolute atomic E-state index is 12.9. The van der Waals surface area contributed by atoms with E-state index in [0.717, 1.165) is 10.6 Å². The Morgan fingerprint density at radius 2 is 1.83 bits per heavy atom. The van der Waals surface area contributed by atoms with E-state index < -0.39 is 0 Å². The first-order chi connectivity index (χ1) is 14.1. The summed E-state index contributed by atoms with van der Waals surface area (Å²) >= 11 is 3.22. The molecule has 1 aliphatic heterocycles. The number of ether oxygens (including phenoxy) is 2. The van der Waals surface area contributed by atoms with Gasteiger partial charge in [0, 0.05) is 22.1 Å². The number of rotatable bonds is 7. The number of hydrogen-bond donors (Lipinski definition) is 2. The van der Waals surface area contributed by atoms with Gasteiger partial charge >= 0.3 is 5.97 Å². The molecule has 1 heterocycles. The van der Waals surface area contributed by atoms with Gasteiger partial charge in [-0.2, -0.15) is 11.8 Å². The Morgan fingerprint density at radius 3 is 2.52 bits per heavy atom. The van der Waals surface area contributed by atoms with Crippen LogP contribution in [0.1, 0.15) is 10.4 Å². The normalized spacial score (nSPS) is 13.2. The highest BCUT2D eigenvalue weighted by molar-refractivity contribution is 8.00. The highest BCUT2D eigenvalue weighted by atomic mass is 32.2. The second-order valence-corrected chi connectivity index (χ2v) is 8.00. The molecule has 0 unspecified atom stereocenters. The van der Waals surface area contributed by atoms with Crippen LogP contribution in [0, 0.1) is 0 Å². The van der Waals surface area contributed by atoms with Gasteiger partial charge < -0.3 is 20.1 Å². The number of nitrogens with one attached hydrogen (secondary N) is 2. The topological polar surface area (TPSA) is 76.7 Å². The molecular weight excluding hydrogens is 408 g/mol. The summed E-state index contributed by atoms with van der Waals surface area (Å²) < 4.78 is 10.2. The number of hydrogen-bond acceptors (Lipinski definition) is 7. The first kappa shape index (κ1) is 21.1. The van der Waals surface area contributed by atoms with E-state index in [1.54, 1.807) is 36.7 Å². The van der Waals surface area contributed by atoms with E-state index >= 15 is 0 Å². The third-order valence-electron chi connectivity index (χ3n) is 4.40. The molecule has 0 aromatic heterocycles. The summed E-state index contributed by atoms with van der Waals surface area (Å²) in [5.41, 5.74) is 3.19. The molecule has 0 saturated heterocycles. The van der Waals surface area contributed by atoms with E-state index in [9.17, 15) is 9.59 Å². The standard InChI is InChI=1S/C21H22N2O4S2/c1-26-19-10-13(28-3)8-9-14(19)20(24)23-17-7-5-4-6-16(17)22-18-12-29-11-15(18)21(25)27-2/h4-10,22H,11-12H2,1-3H3,(H,23,24). The van der Waals surface area contributed by atoms with Gasteiger partial charge in [0.2, 0.25) is 0 Å². The first-order valence-electron chi connectivity index (χ1n) is 8.85. The Morgan fingerprint density at radius 1 is 1.07 bits per heavy atom. The number of para-hydroxylation sites is 2. The smallest absolute Gasteiger partial charge is 0.336 e. The van der Waals surface area contributed by atoms with Crippen LogP contribution in [-0.2, 0) is 9.53 Å². The van der Waals surface area contributed by atoms with Gasteiger partial charge in [-0.05, 0) is 36.6 Å². The summed E-state index contributed by atoms with van der Waals surface area (Å²) in [5, 5.41) is 6.22. The number of carbonyl (C=O) groups excluding carboxylic acids is 2. The number of methoxy groups -OCH3 is 2. The molecule has 6 nitrogen and oxygen atoms in total. The van der Waals surface area contributed by atoms with Crippen molar-refractivity contribution >= 4 is 46.8 Å². The third kappa shape index (κ3) is 4.89. The molecule has 1 aliphatic rings. The van der Waals surface area contributed by atoms with Crippen LogP contribution in [0.25, 0.3) is 0 Å². The van der Waals surface area contributed by atoms with Gasteiger partial charge in [-0.15, -0.1) is 11.8 Å². The highest BCUT2D eigenvalue weighted by Gasteiger charge is 2.23. The molecule has 152 valence electrons. The largest absolute Gasteiger partial charge is 0.496 e. The molecule has 0 atom stereocenters. The first-order valence-corrected chi connectivity index (χ1v) is 11.2. The predicted octanol–water partition coefficient (Wildman–Crippen LogP) is 4.26. The molecule has 0 bridgehead atoms. The van der Waals surface area contributed by atoms with Crippen molar-refractivity contribution in [3.63, 3.8) is 0 Å². The average Bonchev–Trinajstić information content (AvgIpc) is 3.22. The molecular formula is C21H22N2O4S2. The second kappa shape index (κ2) is 9.76. The minimum absolute atomic E-state index is 0.272. The van der Waals surface area contributed by atoms with Gasteiger partial charge in [0.15, 0.2) is 0 Å². The minimum atomic E-state index is -0.336.